The highest BCUT2D eigenvalue weighted by atomic mass is 16.5. The van der Waals surface area contributed by atoms with E-state index in [1.807, 2.05) is 0 Å². The average molecular weight is 206 g/mol. The minimum absolute atomic E-state index is 0.229. The molecule has 0 radical (unpaired) electrons. The molecule has 0 fully saturated rings. The zero-order valence-corrected chi connectivity index (χ0v) is 8.40. The van der Waals surface area contributed by atoms with Crippen molar-refractivity contribution < 1.29 is 13.7 Å². The van der Waals surface area contributed by atoms with Crippen molar-refractivity contribution in [1.29, 1.82) is 0 Å². The molecule has 2 aromatic rings. The Bertz CT molecular complexity index is 471. The highest BCUT2D eigenvalue weighted by molar-refractivity contribution is 6.04. The van der Waals surface area contributed by atoms with E-state index >= 15 is 0 Å². The Morgan fingerprint density at radius 1 is 1.47 bits per heavy atom. The van der Waals surface area contributed by atoms with Crippen molar-refractivity contribution in [2.75, 3.05) is 5.32 Å². The Morgan fingerprint density at radius 3 is 2.80 bits per heavy atom. The van der Waals surface area contributed by atoms with E-state index in [2.05, 4.69) is 15.0 Å². The Morgan fingerprint density at radius 2 is 2.27 bits per heavy atom. The third kappa shape index (κ3) is 1.90. The summed E-state index contributed by atoms with van der Waals surface area (Å²) in [5.74, 6) is 1.08. The quantitative estimate of drug-likeness (QED) is 0.817. The number of nitrogens with one attached hydrogen (secondary N) is 1. The predicted molar refractivity (Wildman–Crippen MR) is 52.6 cm³/mol. The predicted octanol–water partition coefficient (Wildman–Crippen LogP) is 2.14. The zero-order chi connectivity index (χ0) is 10.8. The maximum absolute atomic E-state index is 11.7. The molecule has 0 spiro atoms. The second kappa shape index (κ2) is 3.61. The fourth-order valence-electron chi connectivity index (χ4n) is 1.32. The van der Waals surface area contributed by atoms with Crippen LogP contribution in [0.2, 0.25) is 0 Å². The number of nitrogens with zero attached hydrogens (tertiary/aromatic N) is 1. The van der Waals surface area contributed by atoms with Crippen molar-refractivity contribution in [3.8, 4) is 0 Å². The SMILES string of the molecule is Cc1cc(C(=O)Nc2cnoc2)c(C)o1. The first-order valence-electron chi connectivity index (χ1n) is 4.44. The summed E-state index contributed by atoms with van der Waals surface area (Å²) in [4.78, 5) is 11.7. The fourth-order valence-corrected chi connectivity index (χ4v) is 1.32. The molecule has 5 nitrogen and oxygen atoms in total. The normalized spacial score (nSPS) is 10.3. The maximum atomic E-state index is 11.7. The largest absolute Gasteiger partial charge is 0.466 e. The number of amides is 1. The van der Waals surface area contributed by atoms with Crippen molar-refractivity contribution in [2.24, 2.45) is 0 Å². The summed E-state index contributed by atoms with van der Waals surface area (Å²) < 4.78 is 9.85. The van der Waals surface area contributed by atoms with Crippen molar-refractivity contribution in [2.45, 2.75) is 13.8 Å². The van der Waals surface area contributed by atoms with E-state index in [9.17, 15) is 4.79 Å². The monoisotopic (exact) mass is 206 g/mol. The molecule has 0 aromatic carbocycles. The maximum Gasteiger partial charge on any atom is 0.259 e. The van der Waals surface area contributed by atoms with Crippen LogP contribution in [0.1, 0.15) is 21.9 Å². The second-order valence-electron chi connectivity index (χ2n) is 3.19. The molecule has 2 rings (SSSR count). The molecule has 1 amide bonds. The second-order valence-corrected chi connectivity index (χ2v) is 3.19. The topological polar surface area (TPSA) is 68.3 Å². The molecule has 0 aliphatic heterocycles. The van der Waals surface area contributed by atoms with Crippen LogP contribution >= 0.6 is 0 Å². The Balaban J connectivity index is 2.18. The van der Waals surface area contributed by atoms with E-state index in [0.717, 1.165) is 0 Å². The lowest BCUT2D eigenvalue weighted by molar-refractivity contribution is 0.102. The van der Waals surface area contributed by atoms with Crippen molar-refractivity contribution in [3.63, 3.8) is 0 Å². The van der Waals surface area contributed by atoms with Gasteiger partial charge in [0.2, 0.25) is 0 Å². The van der Waals surface area contributed by atoms with Crippen LogP contribution in [0.4, 0.5) is 5.69 Å². The lowest BCUT2D eigenvalue weighted by atomic mass is 10.2. The molecule has 0 bridgehead atoms. The van der Waals surface area contributed by atoms with Gasteiger partial charge in [-0.2, -0.15) is 0 Å². The van der Waals surface area contributed by atoms with Gasteiger partial charge in [0.05, 0.1) is 11.8 Å². The molecule has 0 atom stereocenters. The van der Waals surface area contributed by atoms with Gasteiger partial charge in [-0.05, 0) is 19.9 Å². The Hall–Kier alpha value is -2.04. The fraction of sp³-hybridized carbons (Fsp3) is 0.200. The van der Waals surface area contributed by atoms with Crippen LogP contribution in [0.3, 0.4) is 0 Å². The summed E-state index contributed by atoms with van der Waals surface area (Å²) in [6.45, 7) is 3.54. The molecule has 78 valence electrons. The number of rotatable bonds is 2. The molecule has 0 saturated heterocycles. The van der Waals surface area contributed by atoms with Gasteiger partial charge in [-0.15, -0.1) is 0 Å². The molecule has 0 aliphatic rings. The summed E-state index contributed by atoms with van der Waals surface area (Å²) >= 11 is 0. The molecule has 5 heteroatoms. The van der Waals surface area contributed by atoms with Gasteiger partial charge in [0, 0.05) is 0 Å². The van der Waals surface area contributed by atoms with Crippen LogP contribution in [-0.2, 0) is 0 Å². The summed E-state index contributed by atoms with van der Waals surface area (Å²) in [5.41, 5.74) is 1.05. The summed E-state index contributed by atoms with van der Waals surface area (Å²) in [6, 6.07) is 1.69. The van der Waals surface area contributed by atoms with E-state index in [1.54, 1.807) is 19.9 Å². The molecular weight excluding hydrogens is 196 g/mol. The number of carbonyl (C=O) groups excluding carboxylic acids is 1. The number of anilines is 1. The van der Waals surface area contributed by atoms with Crippen LogP contribution in [0.15, 0.2) is 27.5 Å². The van der Waals surface area contributed by atoms with Crippen molar-refractivity contribution in [1.82, 2.24) is 5.16 Å². The minimum atomic E-state index is -0.229. The number of furan rings is 1. The summed E-state index contributed by atoms with van der Waals surface area (Å²) in [5, 5.41) is 6.12. The molecule has 0 saturated carbocycles. The van der Waals surface area contributed by atoms with Gasteiger partial charge in [-0.3, -0.25) is 4.79 Å². The zero-order valence-electron chi connectivity index (χ0n) is 8.40. The van der Waals surface area contributed by atoms with Crippen LogP contribution in [-0.4, -0.2) is 11.1 Å². The minimum Gasteiger partial charge on any atom is -0.466 e. The van der Waals surface area contributed by atoms with E-state index in [-0.39, 0.29) is 5.91 Å². The van der Waals surface area contributed by atoms with Gasteiger partial charge in [0.1, 0.15) is 23.5 Å². The number of carbonyl (C=O) groups is 1. The third-order valence-corrected chi connectivity index (χ3v) is 1.98. The first kappa shape index (κ1) is 9.51. The Labute approximate surface area is 86.1 Å². The van der Waals surface area contributed by atoms with E-state index < -0.39 is 0 Å². The van der Waals surface area contributed by atoms with Crippen LogP contribution in [0.25, 0.3) is 0 Å². The number of aromatic nitrogens is 1. The molecule has 0 aliphatic carbocycles. The third-order valence-electron chi connectivity index (χ3n) is 1.98. The standard InChI is InChI=1S/C10H10N2O3/c1-6-3-9(7(2)15-6)10(13)12-8-4-11-14-5-8/h3-5H,1-2H3,(H,12,13). The Kier molecular flexibility index (Phi) is 2.29. The van der Waals surface area contributed by atoms with Gasteiger partial charge >= 0.3 is 0 Å². The lowest BCUT2D eigenvalue weighted by Gasteiger charge is -1.98. The molecule has 2 heterocycles. The average Bonchev–Trinajstić information content (AvgIpc) is 2.75. The van der Waals surface area contributed by atoms with Crippen LogP contribution in [0.5, 0.6) is 0 Å². The first-order valence-corrected chi connectivity index (χ1v) is 4.44. The number of hydrogen-bond acceptors (Lipinski definition) is 4. The van der Waals surface area contributed by atoms with E-state index in [4.69, 9.17) is 4.42 Å². The summed E-state index contributed by atoms with van der Waals surface area (Å²) in [7, 11) is 0. The lowest BCUT2D eigenvalue weighted by Crippen LogP contribution is -2.11. The van der Waals surface area contributed by atoms with Crippen molar-refractivity contribution in [3.05, 3.63) is 35.6 Å². The van der Waals surface area contributed by atoms with E-state index in [1.165, 1.54) is 12.5 Å². The van der Waals surface area contributed by atoms with E-state index in [0.29, 0.717) is 22.8 Å². The number of aryl methyl sites for hydroxylation is 2. The highest BCUT2D eigenvalue weighted by Gasteiger charge is 2.13. The van der Waals surface area contributed by atoms with Gasteiger partial charge < -0.3 is 14.3 Å². The van der Waals surface area contributed by atoms with Gasteiger partial charge in [-0.25, -0.2) is 0 Å². The van der Waals surface area contributed by atoms with Gasteiger partial charge in [-0.1, -0.05) is 5.16 Å². The molecule has 1 N–H and O–H groups in total. The van der Waals surface area contributed by atoms with Crippen molar-refractivity contribution >= 4 is 11.6 Å². The summed E-state index contributed by atoms with van der Waals surface area (Å²) in [6.07, 6.45) is 2.79. The molecular formula is C10H10N2O3. The van der Waals surface area contributed by atoms with Crippen LogP contribution in [0, 0.1) is 13.8 Å². The number of hydrogen-bond donors (Lipinski definition) is 1. The highest BCUT2D eigenvalue weighted by Crippen LogP contribution is 2.15. The molecule has 2 aromatic heterocycles. The first-order chi connectivity index (χ1) is 7.16. The van der Waals surface area contributed by atoms with Crippen LogP contribution < -0.4 is 5.32 Å². The molecule has 15 heavy (non-hydrogen) atoms. The molecule has 0 unspecified atom stereocenters. The van der Waals surface area contributed by atoms with Gasteiger partial charge in [0.15, 0.2) is 0 Å². The smallest absolute Gasteiger partial charge is 0.259 e. The van der Waals surface area contributed by atoms with Gasteiger partial charge in [0.25, 0.3) is 5.91 Å².